The van der Waals surface area contributed by atoms with Crippen molar-refractivity contribution in [2.24, 2.45) is 4.99 Å². The maximum Gasteiger partial charge on any atom is 0.322 e. The van der Waals surface area contributed by atoms with Crippen LogP contribution >= 0.6 is 11.8 Å². The molecule has 1 N–H and O–H groups in total. The largest absolute Gasteiger partial charge is 0.622 e. The highest BCUT2D eigenvalue weighted by Crippen LogP contribution is 2.29. The quantitative estimate of drug-likeness (QED) is 0.324. The first-order valence-corrected chi connectivity index (χ1v) is 11.7. The smallest absolute Gasteiger partial charge is 0.322 e. The molecule has 5 rings (SSSR count). The molecule has 1 aliphatic heterocycles. The van der Waals surface area contributed by atoms with Crippen molar-refractivity contribution in [2.45, 2.75) is 4.90 Å². The van der Waals surface area contributed by atoms with Gasteiger partial charge in [-0.3, -0.25) is 5.06 Å². The van der Waals surface area contributed by atoms with Gasteiger partial charge in [0.25, 0.3) is 0 Å². The van der Waals surface area contributed by atoms with Crippen LogP contribution < -0.4 is 9.80 Å². The number of nitrogens with zero attached hydrogens (tertiary/aromatic N) is 3. The molecule has 1 aromatic heterocycles. The predicted molar refractivity (Wildman–Crippen MR) is 131 cm³/mol. The van der Waals surface area contributed by atoms with Crippen LogP contribution in [0.5, 0.6) is 11.8 Å². The van der Waals surface area contributed by atoms with Crippen molar-refractivity contribution >= 4 is 29.0 Å². The Morgan fingerprint density at radius 1 is 0.882 bits per heavy atom. The average molecular weight is 471 g/mol. The maximum atomic E-state index is 13.6. The Morgan fingerprint density at radius 2 is 1.59 bits per heavy atom. The Kier molecular flexibility index (Phi) is 6.18. The monoisotopic (exact) mass is 470 g/mol. The zero-order valence-electron chi connectivity index (χ0n) is 18.1. The van der Waals surface area contributed by atoms with E-state index in [0.717, 1.165) is 4.90 Å². The Labute approximate surface area is 200 Å². The molecule has 0 spiro atoms. The summed E-state index contributed by atoms with van der Waals surface area (Å²) in [5.41, 5.74) is 2.44. The van der Waals surface area contributed by atoms with Gasteiger partial charge in [0, 0.05) is 16.7 Å². The summed E-state index contributed by atoms with van der Waals surface area (Å²) >= 11 is 1.62. The van der Waals surface area contributed by atoms with E-state index in [1.54, 1.807) is 42.1 Å². The second-order valence-electron chi connectivity index (χ2n) is 7.39. The minimum absolute atomic E-state index is 0.111. The summed E-state index contributed by atoms with van der Waals surface area (Å²) in [7, 11) is 0. The van der Waals surface area contributed by atoms with Crippen molar-refractivity contribution in [1.29, 1.82) is 0 Å². The number of hydrogen-bond acceptors (Lipinski definition) is 6. The standard InChI is InChI=1S/C26H19FN4O2S/c1-34-21-13-9-18(10-14-21)25-30-23(17-7-11-19(27)12-8-17)24(31(25)32)22-15-16-28-26(29-22)33-20-5-3-2-4-6-20/h2-16,31H,1H3. The summed E-state index contributed by atoms with van der Waals surface area (Å²) in [6.45, 7) is 0. The molecule has 0 bridgehead atoms. The van der Waals surface area contributed by atoms with E-state index >= 15 is 0 Å². The van der Waals surface area contributed by atoms with Crippen LogP contribution in [0.15, 0.2) is 101 Å². The number of quaternary nitrogens is 1. The first kappa shape index (κ1) is 22.0. The van der Waals surface area contributed by atoms with E-state index in [9.17, 15) is 9.60 Å². The maximum absolute atomic E-state index is 13.6. The molecule has 8 heteroatoms. The molecule has 0 radical (unpaired) electrons. The number of hydrogen-bond donors (Lipinski definition) is 1. The van der Waals surface area contributed by atoms with Crippen LogP contribution in [-0.4, -0.2) is 22.1 Å². The van der Waals surface area contributed by atoms with E-state index in [1.807, 2.05) is 48.7 Å². The molecule has 0 aliphatic carbocycles. The first-order valence-electron chi connectivity index (χ1n) is 10.5. The molecule has 0 saturated carbocycles. The molecule has 3 aromatic carbocycles. The van der Waals surface area contributed by atoms with Gasteiger partial charge in [0.15, 0.2) is 5.70 Å². The number of nitrogens with one attached hydrogen (secondary N) is 1. The molecule has 2 heterocycles. The van der Waals surface area contributed by atoms with Crippen LogP contribution in [0.2, 0.25) is 0 Å². The average Bonchev–Trinajstić information content (AvgIpc) is 3.22. The molecule has 34 heavy (non-hydrogen) atoms. The minimum Gasteiger partial charge on any atom is -0.622 e. The van der Waals surface area contributed by atoms with Crippen molar-refractivity contribution in [3.63, 3.8) is 0 Å². The fourth-order valence-corrected chi connectivity index (χ4v) is 3.97. The third kappa shape index (κ3) is 4.47. The fraction of sp³-hybridized carbons (Fsp3) is 0.0385. The van der Waals surface area contributed by atoms with E-state index in [1.165, 1.54) is 18.3 Å². The molecule has 168 valence electrons. The molecule has 0 fully saturated rings. The van der Waals surface area contributed by atoms with E-state index in [0.29, 0.717) is 39.8 Å². The van der Waals surface area contributed by atoms with E-state index in [4.69, 9.17) is 4.74 Å². The number of amidine groups is 1. The van der Waals surface area contributed by atoms with Crippen LogP contribution in [0.4, 0.5) is 4.39 Å². The highest BCUT2D eigenvalue weighted by Gasteiger charge is 2.32. The van der Waals surface area contributed by atoms with Gasteiger partial charge in [-0.15, -0.1) is 11.8 Å². The van der Waals surface area contributed by atoms with E-state index < -0.39 is 0 Å². The summed E-state index contributed by atoms with van der Waals surface area (Å²) < 4.78 is 19.3. The molecule has 1 aliphatic rings. The van der Waals surface area contributed by atoms with Gasteiger partial charge < -0.3 is 9.94 Å². The molecule has 0 amide bonds. The van der Waals surface area contributed by atoms with Crippen LogP contribution in [0, 0.1) is 11.0 Å². The van der Waals surface area contributed by atoms with Crippen molar-refractivity contribution < 1.29 is 14.2 Å². The Morgan fingerprint density at radius 3 is 2.29 bits per heavy atom. The number of hydroxylamine groups is 2. The minimum atomic E-state index is -0.368. The molecule has 6 nitrogen and oxygen atoms in total. The highest BCUT2D eigenvalue weighted by molar-refractivity contribution is 7.98. The number of aliphatic imine (C=N–C) groups is 1. The predicted octanol–water partition coefficient (Wildman–Crippen LogP) is 4.80. The van der Waals surface area contributed by atoms with Crippen molar-refractivity contribution in [2.75, 3.05) is 6.26 Å². The number of rotatable bonds is 6. The molecule has 4 aromatic rings. The Hall–Kier alpha value is -3.85. The fourth-order valence-electron chi connectivity index (χ4n) is 3.57. The van der Waals surface area contributed by atoms with Crippen LogP contribution in [0.3, 0.4) is 0 Å². The second-order valence-corrected chi connectivity index (χ2v) is 8.27. The zero-order valence-corrected chi connectivity index (χ0v) is 18.9. The van der Waals surface area contributed by atoms with Gasteiger partial charge in [0.2, 0.25) is 5.84 Å². The van der Waals surface area contributed by atoms with Crippen molar-refractivity contribution in [1.82, 2.24) is 9.97 Å². The van der Waals surface area contributed by atoms with Gasteiger partial charge in [-0.2, -0.15) is 9.98 Å². The van der Waals surface area contributed by atoms with E-state index in [2.05, 4.69) is 15.0 Å². The first-order chi connectivity index (χ1) is 16.6. The third-order valence-electron chi connectivity index (χ3n) is 5.23. The second kappa shape index (κ2) is 9.56. The lowest BCUT2D eigenvalue weighted by molar-refractivity contribution is -0.655. The molecule has 1 unspecified atom stereocenters. The number of benzene rings is 3. The number of thioether (sulfide) groups is 1. The summed E-state index contributed by atoms with van der Waals surface area (Å²) in [5.74, 6) is 0.523. The molecular weight excluding hydrogens is 451 g/mol. The van der Waals surface area contributed by atoms with Crippen LogP contribution in [0.25, 0.3) is 11.4 Å². The third-order valence-corrected chi connectivity index (χ3v) is 5.97. The molecule has 1 atom stereocenters. The summed E-state index contributed by atoms with van der Waals surface area (Å²) in [4.78, 5) is 14.4. The topological polar surface area (TPSA) is 74.9 Å². The van der Waals surface area contributed by atoms with E-state index in [-0.39, 0.29) is 16.9 Å². The van der Waals surface area contributed by atoms with Crippen LogP contribution in [-0.2, 0) is 0 Å². The number of halogens is 1. The summed E-state index contributed by atoms with van der Waals surface area (Å²) in [6, 6.07) is 24.4. The lowest BCUT2D eigenvalue weighted by Gasteiger charge is -2.20. The number of aromatic nitrogens is 2. The summed E-state index contributed by atoms with van der Waals surface area (Å²) in [5, 5.41) is 13.3. The van der Waals surface area contributed by atoms with Gasteiger partial charge in [-0.1, -0.05) is 18.2 Å². The zero-order chi connectivity index (χ0) is 23.5. The normalized spacial score (nSPS) is 15.4. The lowest BCUT2D eigenvalue weighted by Crippen LogP contribution is -3.06. The Bertz CT molecular complexity index is 1370. The molecular formula is C26H19FN4O2S. The highest BCUT2D eigenvalue weighted by atomic mass is 32.2. The van der Waals surface area contributed by atoms with Crippen molar-refractivity contribution in [3.05, 3.63) is 119 Å². The van der Waals surface area contributed by atoms with Gasteiger partial charge in [0.1, 0.15) is 23.0 Å². The number of para-hydroxylation sites is 1. The van der Waals surface area contributed by atoms with Gasteiger partial charge in [0.05, 0.1) is 5.56 Å². The number of ether oxygens (including phenoxy) is 1. The molecule has 0 saturated heterocycles. The summed E-state index contributed by atoms with van der Waals surface area (Å²) in [6.07, 6.45) is 3.53. The van der Waals surface area contributed by atoms with Gasteiger partial charge in [-0.25, -0.2) is 9.37 Å². The van der Waals surface area contributed by atoms with Gasteiger partial charge in [-0.05, 0) is 73.0 Å². The Balaban J connectivity index is 1.57. The van der Waals surface area contributed by atoms with Gasteiger partial charge >= 0.3 is 6.01 Å². The van der Waals surface area contributed by atoms with Crippen molar-refractivity contribution in [3.8, 4) is 11.8 Å². The lowest BCUT2D eigenvalue weighted by atomic mass is 10.1. The van der Waals surface area contributed by atoms with Crippen LogP contribution in [0.1, 0.15) is 16.8 Å². The SMILES string of the molecule is CSc1ccc(C2=NC(c3ccc(F)cc3)=C(c3ccnc(Oc4ccccc4)n3)[NH+]2[O-])cc1.